The van der Waals surface area contributed by atoms with E-state index in [1.54, 1.807) is 39.0 Å². The SMILES string of the molecule is CC(C)(C)OC(=O)N=Cc1ccc(C#N)cc1Br. The normalized spacial score (nSPS) is 11.3. The maximum atomic E-state index is 11.4. The highest BCUT2D eigenvalue weighted by molar-refractivity contribution is 9.10. The minimum absolute atomic E-state index is 0.538. The third kappa shape index (κ3) is 4.68. The van der Waals surface area contributed by atoms with Crippen LogP contribution in [0.3, 0.4) is 0 Å². The minimum Gasteiger partial charge on any atom is -0.442 e. The van der Waals surface area contributed by atoms with Crippen LogP contribution in [0, 0.1) is 11.3 Å². The summed E-state index contributed by atoms with van der Waals surface area (Å²) in [5, 5.41) is 8.72. The van der Waals surface area contributed by atoms with Crippen LogP contribution in [0.15, 0.2) is 27.7 Å². The molecule has 0 spiro atoms. The van der Waals surface area contributed by atoms with Crippen molar-refractivity contribution in [2.24, 2.45) is 4.99 Å². The van der Waals surface area contributed by atoms with Crippen LogP contribution in [-0.2, 0) is 4.74 Å². The van der Waals surface area contributed by atoms with Crippen molar-refractivity contribution in [1.29, 1.82) is 5.26 Å². The molecule has 0 unspecified atom stereocenters. The molecular weight excluding hydrogens is 296 g/mol. The Bertz CT molecular complexity index is 525. The summed E-state index contributed by atoms with van der Waals surface area (Å²) < 4.78 is 5.74. The van der Waals surface area contributed by atoms with Crippen LogP contribution in [-0.4, -0.2) is 17.9 Å². The number of rotatable bonds is 1. The molecule has 0 aliphatic carbocycles. The van der Waals surface area contributed by atoms with E-state index in [4.69, 9.17) is 10.00 Å². The molecule has 0 aliphatic rings. The van der Waals surface area contributed by atoms with Crippen molar-refractivity contribution in [3.8, 4) is 6.07 Å². The van der Waals surface area contributed by atoms with Crippen molar-refractivity contribution in [1.82, 2.24) is 0 Å². The molecular formula is C13H13BrN2O2. The van der Waals surface area contributed by atoms with Crippen molar-refractivity contribution in [2.45, 2.75) is 26.4 Å². The van der Waals surface area contributed by atoms with E-state index in [1.807, 2.05) is 6.07 Å². The molecule has 0 heterocycles. The Hall–Kier alpha value is -1.67. The van der Waals surface area contributed by atoms with Gasteiger partial charge < -0.3 is 4.74 Å². The molecule has 0 saturated heterocycles. The number of nitriles is 1. The summed E-state index contributed by atoms with van der Waals surface area (Å²) in [7, 11) is 0. The van der Waals surface area contributed by atoms with E-state index < -0.39 is 11.7 Å². The Morgan fingerprint density at radius 1 is 1.50 bits per heavy atom. The van der Waals surface area contributed by atoms with Crippen molar-refractivity contribution in [3.05, 3.63) is 33.8 Å². The van der Waals surface area contributed by atoms with Gasteiger partial charge in [0, 0.05) is 16.3 Å². The number of aliphatic imine (C=N–C) groups is 1. The van der Waals surface area contributed by atoms with Crippen molar-refractivity contribution >= 4 is 28.2 Å². The summed E-state index contributed by atoms with van der Waals surface area (Å²) in [4.78, 5) is 15.1. The Balaban J connectivity index is 2.80. The van der Waals surface area contributed by atoms with Gasteiger partial charge in [0.25, 0.3) is 0 Å². The molecule has 0 saturated carbocycles. The first-order chi connectivity index (χ1) is 8.31. The van der Waals surface area contributed by atoms with Crippen LogP contribution in [0.5, 0.6) is 0 Å². The van der Waals surface area contributed by atoms with Gasteiger partial charge in [0.2, 0.25) is 0 Å². The maximum Gasteiger partial charge on any atom is 0.434 e. The predicted octanol–water partition coefficient (Wildman–Crippen LogP) is 3.67. The first-order valence-corrected chi connectivity index (χ1v) is 6.08. The summed E-state index contributed by atoms with van der Waals surface area (Å²) in [6.45, 7) is 5.33. The summed E-state index contributed by atoms with van der Waals surface area (Å²) in [5.41, 5.74) is 0.687. The standard InChI is InChI=1S/C13H13BrN2O2/c1-13(2,3)18-12(17)16-8-10-5-4-9(7-15)6-11(10)14/h4-6,8H,1-3H3. The number of hydrogen-bond acceptors (Lipinski definition) is 3. The second kappa shape index (κ2) is 5.78. The van der Waals surface area contributed by atoms with Crippen LogP contribution >= 0.6 is 15.9 Å². The Kier molecular flexibility index (Phi) is 4.62. The molecule has 4 nitrogen and oxygen atoms in total. The van der Waals surface area contributed by atoms with E-state index in [-0.39, 0.29) is 0 Å². The van der Waals surface area contributed by atoms with Crippen molar-refractivity contribution in [3.63, 3.8) is 0 Å². The summed E-state index contributed by atoms with van der Waals surface area (Å²) >= 11 is 3.30. The molecule has 0 aromatic heterocycles. The molecule has 0 aliphatic heterocycles. The number of amides is 1. The summed E-state index contributed by atoms with van der Waals surface area (Å²) in [5.74, 6) is 0. The zero-order chi connectivity index (χ0) is 13.8. The highest BCUT2D eigenvalue weighted by Gasteiger charge is 2.14. The van der Waals surface area contributed by atoms with E-state index in [9.17, 15) is 4.79 Å². The average molecular weight is 309 g/mol. The number of carbonyl (C=O) groups excluding carboxylic acids is 1. The lowest BCUT2D eigenvalue weighted by Gasteiger charge is -2.17. The summed E-state index contributed by atoms with van der Waals surface area (Å²) in [6, 6.07) is 7.05. The van der Waals surface area contributed by atoms with Crippen molar-refractivity contribution < 1.29 is 9.53 Å². The van der Waals surface area contributed by atoms with Gasteiger partial charge in [-0.15, -0.1) is 0 Å². The quantitative estimate of drug-likeness (QED) is 0.743. The zero-order valence-corrected chi connectivity index (χ0v) is 12.0. The number of hydrogen-bond donors (Lipinski definition) is 0. The molecule has 0 bridgehead atoms. The second-order valence-corrected chi connectivity index (χ2v) is 5.44. The van der Waals surface area contributed by atoms with Gasteiger partial charge in [0.15, 0.2) is 0 Å². The van der Waals surface area contributed by atoms with Gasteiger partial charge in [0.05, 0.1) is 11.6 Å². The fourth-order valence-corrected chi connectivity index (χ4v) is 1.59. The maximum absolute atomic E-state index is 11.4. The molecule has 1 rings (SSSR count). The smallest absolute Gasteiger partial charge is 0.434 e. The average Bonchev–Trinajstić information content (AvgIpc) is 2.25. The molecule has 0 atom stereocenters. The third-order valence-electron chi connectivity index (χ3n) is 1.83. The zero-order valence-electron chi connectivity index (χ0n) is 10.4. The van der Waals surface area contributed by atoms with Crippen LogP contribution in [0.2, 0.25) is 0 Å². The number of nitrogens with zero attached hydrogens (tertiary/aromatic N) is 2. The molecule has 0 fully saturated rings. The van der Waals surface area contributed by atoms with E-state index in [0.717, 1.165) is 0 Å². The Labute approximate surface area is 114 Å². The lowest BCUT2D eigenvalue weighted by molar-refractivity contribution is 0.0605. The first-order valence-electron chi connectivity index (χ1n) is 5.28. The lowest BCUT2D eigenvalue weighted by atomic mass is 10.2. The van der Waals surface area contributed by atoms with Gasteiger partial charge in [0.1, 0.15) is 5.60 Å². The van der Waals surface area contributed by atoms with Crippen LogP contribution in [0.4, 0.5) is 4.79 Å². The highest BCUT2D eigenvalue weighted by Crippen LogP contribution is 2.17. The number of halogens is 1. The Morgan fingerprint density at radius 2 is 2.17 bits per heavy atom. The number of benzene rings is 1. The van der Waals surface area contributed by atoms with E-state index in [1.165, 1.54) is 6.21 Å². The van der Waals surface area contributed by atoms with E-state index >= 15 is 0 Å². The largest absolute Gasteiger partial charge is 0.442 e. The van der Waals surface area contributed by atoms with Gasteiger partial charge in [-0.3, -0.25) is 0 Å². The van der Waals surface area contributed by atoms with Crippen LogP contribution in [0.25, 0.3) is 0 Å². The van der Waals surface area contributed by atoms with Gasteiger partial charge in [-0.2, -0.15) is 10.3 Å². The molecule has 1 aromatic carbocycles. The fraction of sp³-hybridized carbons (Fsp3) is 0.308. The molecule has 0 radical (unpaired) electrons. The summed E-state index contributed by atoms with van der Waals surface area (Å²) in [6.07, 6.45) is 0.762. The lowest BCUT2D eigenvalue weighted by Crippen LogP contribution is -2.21. The number of carbonyl (C=O) groups is 1. The highest BCUT2D eigenvalue weighted by atomic mass is 79.9. The topological polar surface area (TPSA) is 62.4 Å². The molecule has 18 heavy (non-hydrogen) atoms. The Morgan fingerprint density at radius 3 is 2.67 bits per heavy atom. The van der Waals surface area contributed by atoms with Gasteiger partial charge in [-0.05, 0) is 32.9 Å². The second-order valence-electron chi connectivity index (χ2n) is 4.59. The number of ether oxygens (including phenoxy) is 1. The monoisotopic (exact) mass is 308 g/mol. The first kappa shape index (κ1) is 14.4. The molecule has 5 heteroatoms. The molecule has 0 N–H and O–H groups in total. The van der Waals surface area contributed by atoms with Crippen LogP contribution < -0.4 is 0 Å². The predicted molar refractivity (Wildman–Crippen MR) is 72.7 cm³/mol. The van der Waals surface area contributed by atoms with E-state index in [0.29, 0.717) is 15.6 Å². The van der Waals surface area contributed by atoms with E-state index in [2.05, 4.69) is 20.9 Å². The molecule has 1 amide bonds. The van der Waals surface area contributed by atoms with Crippen molar-refractivity contribution in [2.75, 3.05) is 0 Å². The third-order valence-corrected chi connectivity index (χ3v) is 2.52. The molecule has 1 aromatic rings. The molecule has 94 valence electrons. The van der Waals surface area contributed by atoms with Gasteiger partial charge in [-0.1, -0.05) is 22.0 Å². The minimum atomic E-state index is -0.640. The van der Waals surface area contributed by atoms with Gasteiger partial charge >= 0.3 is 6.09 Å². The van der Waals surface area contributed by atoms with Gasteiger partial charge in [-0.25, -0.2) is 4.79 Å². The fourth-order valence-electron chi connectivity index (χ4n) is 1.11. The van der Waals surface area contributed by atoms with Crippen LogP contribution in [0.1, 0.15) is 31.9 Å².